The number of hydrogen-bond donors (Lipinski definition) is 0. The Hall–Kier alpha value is -2.37. The Morgan fingerprint density at radius 3 is 2.69 bits per heavy atom. The molecule has 0 amide bonds. The largest absolute Gasteiger partial charge is 0.461 e. The van der Waals surface area contributed by atoms with Crippen LogP contribution < -0.4 is 0 Å². The van der Waals surface area contributed by atoms with Crippen molar-refractivity contribution in [3.63, 3.8) is 0 Å². The van der Waals surface area contributed by atoms with E-state index in [9.17, 15) is 14.4 Å². The molecule has 6 heteroatoms. The first-order chi connectivity index (χ1) is 12.3. The van der Waals surface area contributed by atoms with Crippen LogP contribution >= 0.6 is 0 Å². The lowest BCUT2D eigenvalue weighted by atomic mass is 9.85. The molecular formula is C20H24O6. The van der Waals surface area contributed by atoms with E-state index in [2.05, 4.69) is 6.58 Å². The summed E-state index contributed by atoms with van der Waals surface area (Å²) < 4.78 is 16.6. The van der Waals surface area contributed by atoms with Gasteiger partial charge in [-0.25, -0.2) is 9.59 Å². The van der Waals surface area contributed by atoms with Gasteiger partial charge in [-0.15, -0.1) is 0 Å². The molecule has 1 fully saturated rings. The molecule has 5 atom stereocenters. The van der Waals surface area contributed by atoms with Crippen LogP contribution in [0.1, 0.15) is 40.0 Å². The van der Waals surface area contributed by atoms with Gasteiger partial charge in [-0.1, -0.05) is 26.0 Å². The van der Waals surface area contributed by atoms with Gasteiger partial charge in [-0.05, 0) is 25.5 Å². The van der Waals surface area contributed by atoms with Crippen molar-refractivity contribution in [1.29, 1.82) is 0 Å². The lowest BCUT2D eigenvalue weighted by molar-refractivity contribution is -0.157. The van der Waals surface area contributed by atoms with Crippen LogP contribution in [-0.2, 0) is 28.6 Å². The smallest absolute Gasteiger partial charge is 0.334 e. The third-order valence-electron chi connectivity index (χ3n) is 5.25. The standard InChI is InChI=1S/C20H24O6/c1-5-11(3)18(21)25-16-9-13-8-14(24-20(13)23)6-10(2)7-15-17(16)12(4)19(22)26-15/h7-8,11,14-17H,4-6,9H2,1-3H3/b10-7+/t11?,14-,15?,16?,17+/m1/s1. The topological polar surface area (TPSA) is 78.9 Å². The van der Waals surface area contributed by atoms with Gasteiger partial charge in [0, 0.05) is 24.0 Å². The summed E-state index contributed by atoms with van der Waals surface area (Å²) in [6.07, 6.45) is 3.39. The Kier molecular flexibility index (Phi) is 5.03. The van der Waals surface area contributed by atoms with E-state index in [-0.39, 0.29) is 30.0 Å². The number of carbonyl (C=O) groups excluding carboxylic acids is 3. The maximum atomic E-state index is 12.4. The van der Waals surface area contributed by atoms with Crippen molar-refractivity contribution >= 4 is 17.9 Å². The van der Waals surface area contributed by atoms with E-state index < -0.39 is 30.1 Å². The van der Waals surface area contributed by atoms with Gasteiger partial charge in [0.05, 0.1) is 11.8 Å². The van der Waals surface area contributed by atoms with E-state index in [4.69, 9.17) is 14.2 Å². The zero-order chi connectivity index (χ0) is 19.0. The molecule has 3 unspecified atom stereocenters. The maximum absolute atomic E-state index is 12.4. The molecule has 2 heterocycles. The van der Waals surface area contributed by atoms with E-state index in [1.807, 2.05) is 19.9 Å². The zero-order valence-corrected chi connectivity index (χ0v) is 15.3. The molecule has 0 radical (unpaired) electrons. The quantitative estimate of drug-likeness (QED) is 0.333. The lowest BCUT2D eigenvalue weighted by Crippen LogP contribution is -2.35. The number of hydrogen-bond acceptors (Lipinski definition) is 6. The van der Waals surface area contributed by atoms with Gasteiger partial charge in [-0.3, -0.25) is 4.79 Å². The molecule has 0 aromatic heterocycles. The molecule has 140 valence electrons. The summed E-state index contributed by atoms with van der Waals surface area (Å²) in [5, 5.41) is 0. The van der Waals surface area contributed by atoms with Crippen molar-refractivity contribution in [3.8, 4) is 0 Å². The first kappa shape index (κ1) is 18.4. The van der Waals surface area contributed by atoms with E-state index >= 15 is 0 Å². The fraction of sp³-hybridized carbons (Fsp3) is 0.550. The first-order valence-electron chi connectivity index (χ1n) is 8.99. The van der Waals surface area contributed by atoms with Gasteiger partial charge >= 0.3 is 17.9 Å². The van der Waals surface area contributed by atoms with Crippen LogP contribution in [0.5, 0.6) is 0 Å². The van der Waals surface area contributed by atoms with Crippen LogP contribution in [-0.4, -0.2) is 36.2 Å². The van der Waals surface area contributed by atoms with Gasteiger partial charge in [0.1, 0.15) is 18.3 Å². The minimum Gasteiger partial charge on any atom is -0.461 e. The molecule has 0 aromatic carbocycles. The second-order valence-electron chi connectivity index (χ2n) is 7.26. The predicted octanol–water partition coefficient (Wildman–Crippen LogP) is 2.63. The summed E-state index contributed by atoms with van der Waals surface area (Å²) in [6.45, 7) is 9.42. The summed E-state index contributed by atoms with van der Waals surface area (Å²) in [5.41, 5.74) is 1.68. The van der Waals surface area contributed by atoms with Gasteiger partial charge in [0.15, 0.2) is 0 Å². The number of ether oxygens (including phenoxy) is 3. The molecule has 6 nitrogen and oxygen atoms in total. The highest BCUT2D eigenvalue weighted by molar-refractivity contribution is 5.92. The summed E-state index contributed by atoms with van der Waals surface area (Å²) >= 11 is 0. The molecule has 3 rings (SSSR count). The van der Waals surface area contributed by atoms with Gasteiger partial charge in [-0.2, -0.15) is 0 Å². The third kappa shape index (κ3) is 3.45. The minimum absolute atomic E-state index is 0.182. The molecular weight excluding hydrogens is 336 g/mol. The SMILES string of the molecule is C=C1C(=O)OC2/C=C(\C)C[C@@H]3C=C(CC(OC(=O)C(C)CC)[C@@H]12)C(=O)O3. The molecule has 0 saturated carbocycles. The van der Waals surface area contributed by atoms with Crippen molar-refractivity contribution < 1.29 is 28.6 Å². The van der Waals surface area contributed by atoms with Gasteiger partial charge in [0.2, 0.25) is 0 Å². The Labute approximate surface area is 152 Å². The Balaban J connectivity index is 1.97. The minimum atomic E-state index is -0.708. The first-order valence-corrected chi connectivity index (χ1v) is 8.99. The summed E-state index contributed by atoms with van der Waals surface area (Å²) in [5.74, 6) is -2.04. The third-order valence-corrected chi connectivity index (χ3v) is 5.25. The van der Waals surface area contributed by atoms with E-state index in [0.717, 1.165) is 5.57 Å². The monoisotopic (exact) mass is 360 g/mol. The number of rotatable bonds is 3. The van der Waals surface area contributed by atoms with E-state index in [1.165, 1.54) is 0 Å². The summed E-state index contributed by atoms with van der Waals surface area (Å²) in [6, 6.07) is 0. The fourth-order valence-electron chi connectivity index (χ4n) is 3.53. The maximum Gasteiger partial charge on any atom is 0.334 e. The number of fused-ring (bicyclic) bond motifs is 2. The highest BCUT2D eigenvalue weighted by Gasteiger charge is 2.46. The number of carbonyl (C=O) groups is 3. The fourth-order valence-corrected chi connectivity index (χ4v) is 3.53. The molecule has 1 saturated heterocycles. The van der Waals surface area contributed by atoms with Crippen LogP contribution in [0, 0.1) is 11.8 Å². The molecule has 2 bridgehead atoms. The summed E-state index contributed by atoms with van der Waals surface area (Å²) in [7, 11) is 0. The van der Waals surface area contributed by atoms with Crippen LogP contribution in [0.2, 0.25) is 0 Å². The molecule has 26 heavy (non-hydrogen) atoms. The van der Waals surface area contributed by atoms with Crippen LogP contribution in [0.15, 0.2) is 35.5 Å². The van der Waals surface area contributed by atoms with Crippen molar-refractivity contribution in [2.45, 2.75) is 58.3 Å². The molecule has 0 aromatic rings. The Bertz CT molecular complexity index is 716. The van der Waals surface area contributed by atoms with Crippen molar-refractivity contribution in [3.05, 3.63) is 35.5 Å². The van der Waals surface area contributed by atoms with Crippen molar-refractivity contribution in [2.24, 2.45) is 11.8 Å². The Morgan fingerprint density at radius 2 is 2.00 bits per heavy atom. The highest BCUT2D eigenvalue weighted by atomic mass is 16.6. The normalized spacial score (nSPS) is 34.0. The van der Waals surface area contributed by atoms with Crippen molar-refractivity contribution in [1.82, 2.24) is 0 Å². The average molecular weight is 360 g/mol. The van der Waals surface area contributed by atoms with Crippen LogP contribution in [0.25, 0.3) is 0 Å². The predicted molar refractivity (Wildman–Crippen MR) is 92.8 cm³/mol. The Morgan fingerprint density at radius 1 is 1.27 bits per heavy atom. The van der Waals surface area contributed by atoms with E-state index in [1.54, 1.807) is 13.0 Å². The highest BCUT2D eigenvalue weighted by Crippen LogP contribution is 2.38. The second-order valence-corrected chi connectivity index (χ2v) is 7.26. The summed E-state index contributed by atoms with van der Waals surface area (Å²) in [4.78, 5) is 36.7. The second kappa shape index (κ2) is 7.09. The lowest BCUT2D eigenvalue weighted by Gasteiger charge is -2.27. The zero-order valence-electron chi connectivity index (χ0n) is 15.3. The average Bonchev–Trinajstić information content (AvgIpc) is 3.04. The molecule has 0 spiro atoms. The number of esters is 3. The van der Waals surface area contributed by atoms with Crippen LogP contribution in [0.3, 0.4) is 0 Å². The molecule has 1 aliphatic carbocycles. The molecule has 2 aliphatic heterocycles. The molecule has 3 aliphatic rings. The van der Waals surface area contributed by atoms with Gasteiger partial charge in [0.25, 0.3) is 0 Å². The van der Waals surface area contributed by atoms with Gasteiger partial charge < -0.3 is 14.2 Å². The molecule has 0 N–H and O–H groups in total. The van der Waals surface area contributed by atoms with Crippen molar-refractivity contribution in [2.75, 3.05) is 0 Å². The van der Waals surface area contributed by atoms with Crippen LogP contribution in [0.4, 0.5) is 0 Å². The van der Waals surface area contributed by atoms with E-state index in [0.29, 0.717) is 18.4 Å².